The first kappa shape index (κ1) is 12.4. The Labute approximate surface area is 120 Å². The van der Waals surface area contributed by atoms with Gasteiger partial charge in [-0.2, -0.15) is 4.98 Å². The topological polar surface area (TPSA) is 55.0 Å². The Balaban J connectivity index is 1.77. The zero-order chi connectivity index (χ0) is 13.9. The maximum Gasteiger partial charge on any atom is 0.227 e. The van der Waals surface area contributed by atoms with E-state index in [1.807, 2.05) is 25.1 Å². The minimum Gasteiger partial charge on any atom is -0.384 e. The first-order valence-corrected chi connectivity index (χ1v) is 7.86. The van der Waals surface area contributed by atoms with Crippen LogP contribution in [0, 0.1) is 17.8 Å². The van der Waals surface area contributed by atoms with E-state index in [0.717, 1.165) is 23.7 Å². The van der Waals surface area contributed by atoms with E-state index in [2.05, 4.69) is 4.98 Å². The zero-order valence-electron chi connectivity index (χ0n) is 12.5. The van der Waals surface area contributed by atoms with Gasteiger partial charge < -0.3 is 10.6 Å². The van der Waals surface area contributed by atoms with Gasteiger partial charge in [-0.05, 0) is 56.3 Å². The number of nitrogens with zero attached hydrogens (tertiary/aromatic N) is 3. The van der Waals surface area contributed by atoms with Crippen LogP contribution in [0.3, 0.4) is 0 Å². The van der Waals surface area contributed by atoms with Crippen molar-refractivity contribution in [3.8, 4) is 0 Å². The standard InChI is InChI=1S/C16H24N4/c1-20(2)15-18-13(6-14(17)19-15)16-7-10-3-11(8-16)5-12(4-10)9-16/h6,10-12H,3-5,7-9H2,1-2H3,(H2,17,18,19). The Morgan fingerprint density at radius 1 is 1.05 bits per heavy atom. The molecule has 0 aliphatic heterocycles. The van der Waals surface area contributed by atoms with Crippen LogP contribution in [-0.4, -0.2) is 24.1 Å². The van der Waals surface area contributed by atoms with Crippen LogP contribution in [0.25, 0.3) is 0 Å². The molecule has 4 aliphatic carbocycles. The van der Waals surface area contributed by atoms with Crippen molar-refractivity contribution in [1.29, 1.82) is 0 Å². The summed E-state index contributed by atoms with van der Waals surface area (Å²) in [7, 11) is 3.97. The van der Waals surface area contributed by atoms with E-state index in [9.17, 15) is 0 Å². The van der Waals surface area contributed by atoms with Crippen molar-refractivity contribution in [1.82, 2.24) is 9.97 Å². The van der Waals surface area contributed by atoms with E-state index < -0.39 is 0 Å². The Bertz CT molecular complexity index is 502. The summed E-state index contributed by atoms with van der Waals surface area (Å²) in [6, 6.07) is 2.04. The van der Waals surface area contributed by atoms with Gasteiger partial charge in [0.1, 0.15) is 5.82 Å². The normalized spacial score (nSPS) is 38.2. The fraction of sp³-hybridized carbons (Fsp3) is 0.750. The van der Waals surface area contributed by atoms with Crippen LogP contribution in [-0.2, 0) is 5.41 Å². The molecule has 4 bridgehead atoms. The van der Waals surface area contributed by atoms with Gasteiger partial charge in [-0.3, -0.25) is 0 Å². The van der Waals surface area contributed by atoms with Gasteiger partial charge in [0.2, 0.25) is 5.95 Å². The molecule has 4 nitrogen and oxygen atoms in total. The molecule has 0 radical (unpaired) electrons. The largest absolute Gasteiger partial charge is 0.384 e. The van der Waals surface area contributed by atoms with E-state index >= 15 is 0 Å². The van der Waals surface area contributed by atoms with Gasteiger partial charge >= 0.3 is 0 Å². The lowest BCUT2D eigenvalue weighted by atomic mass is 9.49. The van der Waals surface area contributed by atoms with Gasteiger partial charge in [-0.15, -0.1) is 0 Å². The molecule has 2 N–H and O–H groups in total. The fourth-order valence-corrected chi connectivity index (χ4v) is 5.35. The van der Waals surface area contributed by atoms with Gasteiger partial charge in [-0.1, -0.05) is 0 Å². The Kier molecular flexibility index (Phi) is 2.54. The number of nitrogens with two attached hydrogens (primary N) is 1. The average molecular weight is 272 g/mol. The summed E-state index contributed by atoms with van der Waals surface area (Å²) in [5.74, 6) is 4.17. The van der Waals surface area contributed by atoms with E-state index in [1.165, 1.54) is 44.2 Å². The lowest BCUT2D eigenvalue weighted by molar-refractivity contribution is -0.00717. The summed E-state index contributed by atoms with van der Waals surface area (Å²) < 4.78 is 0. The smallest absolute Gasteiger partial charge is 0.227 e. The summed E-state index contributed by atoms with van der Waals surface area (Å²) in [4.78, 5) is 11.2. The first-order valence-electron chi connectivity index (χ1n) is 7.86. The average Bonchev–Trinajstić information content (AvgIpc) is 2.36. The molecule has 0 unspecified atom stereocenters. The highest BCUT2D eigenvalue weighted by Crippen LogP contribution is 2.60. The van der Waals surface area contributed by atoms with E-state index in [0.29, 0.717) is 11.2 Å². The molecule has 1 heterocycles. The third kappa shape index (κ3) is 1.80. The van der Waals surface area contributed by atoms with Crippen LogP contribution in [0.15, 0.2) is 6.07 Å². The van der Waals surface area contributed by atoms with Crippen LogP contribution in [0.1, 0.15) is 44.2 Å². The highest BCUT2D eigenvalue weighted by molar-refractivity contribution is 5.42. The predicted octanol–water partition coefficient (Wildman–Crippen LogP) is 2.59. The minimum absolute atomic E-state index is 0.302. The summed E-state index contributed by atoms with van der Waals surface area (Å²) in [6.45, 7) is 0. The van der Waals surface area contributed by atoms with Crippen molar-refractivity contribution >= 4 is 11.8 Å². The molecule has 4 fully saturated rings. The molecular weight excluding hydrogens is 248 g/mol. The lowest BCUT2D eigenvalue weighted by Crippen LogP contribution is -2.49. The van der Waals surface area contributed by atoms with Crippen molar-refractivity contribution in [3.05, 3.63) is 11.8 Å². The van der Waals surface area contributed by atoms with Gasteiger partial charge in [0.05, 0.1) is 5.69 Å². The molecule has 5 rings (SSSR count). The summed E-state index contributed by atoms with van der Waals surface area (Å²) in [6.07, 6.45) is 8.34. The van der Waals surface area contributed by atoms with Crippen LogP contribution in [0.2, 0.25) is 0 Å². The minimum atomic E-state index is 0.302. The van der Waals surface area contributed by atoms with E-state index in [4.69, 9.17) is 10.7 Å². The van der Waals surface area contributed by atoms with Gasteiger partial charge in [0.25, 0.3) is 0 Å². The lowest BCUT2D eigenvalue weighted by Gasteiger charge is -2.56. The Morgan fingerprint density at radius 3 is 2.10 bits per heavy atom. The molecule has 0 amide bonds. The maximum absolute atomic E-state index is 6.04. The molecule has 0 spiro atoms. The third-order valence-corrected chi connectivity index (χ3v) is 5.72. The Hall–Kier alpha value is -1.32. The zero-order valence-corrected chi connectivity index (χ0v) is 12.5. The number of rotatable bonds is 2. The number of aromatic nitrogens is 2. The molecule has 4 aliphatic rings. The predicted molar refractivity (Wildman–Crippen MR) is 80.6 cm³/mol. The van der Waals surface area contributed by atoms with Gasteiger partial charge in [-0.25, -0.2) is 4.98 Å². The van der Waals surface area contributed by atoms with Crippen molar-refractivity contribution in [2.75, 3.05) is 24.7 Å². The van der Waals surface area contributed by atoms with Gasteiger partial charge in [0.15, 0.2) is 0 Å². The Morgan fingerprint density at radius 2 is 1.60 bits per heavy atom. The van der Waals surface area contributed by atoms with Crippen molar-refractivity contribution in [2.24, 2.45) is 17.8 Å². The molecule has 0 aromatic carbocycles. The van der Waals surface area contributed by atoms with Crippen LogP contribution >= 0.6 is 0 Å². The van der Waals surface area contributed by atoms with Crippen LogP contribution in [0.4, 0.5) is 11.8 Å². The monoisotopic (exact) mass is 272 g/mol. The highest BCUT2D eigenvalue weighted by Gasteiger charge is 2.52. The first-order chi connectivity index (χ1) is 9.54. The van der Waals surface area contributed by atoms with E-state index in [-0.39, 0.29) is 0 Å². The van der Waals surface area contributed by atoms with Gasteiger partial charge in [0, 0.05) is 25.6 Å². The molecule has 108 valence electrons. The number of nitrogen functional groups attached to an aromatic ring is 1. The second-order valence-electron chi connectivity index (χ2n) is 7.57. The van der Waals surface area contributed by atoms with Crippen molar-refractivity contribution in [2.45, 2.75) is 43.9 Å². The molecule has 4 saturated carbocycles. The molecule has 1 aromatic heterocycles. The molecular formula is C16H24N4. The molecule has 4 heteroatoms. The van der Waals surface area contributed by atoms with E-state index in [1.54, 1.807) is 0 Å². The third-order valence-electron chi connectivity index (χ3n) is 5.72. The molecule has 1 aromatic rings. The molecule has 20 heavy (non-hydrogen) atoms. The highest BCUT2D eigenvalue weighted by atomic mass is 15.2. The summed E-state index contributed by atoms with van der Waals surface area (Å²) >= 11 is 0. The van der Waals surface area contributed by atoms with Crippen molar-refractivity contribution in [3.63, 3.8) is 0 Å². The molecule has 0 saturated heterocycles. The summed E-state index contributed by atoms with van der Waals surface area (Å²) in [5, 5.41) is 0. The quantitative estimate of drug-likeness (QED) is 0.899. The number of hydrogen-bond donors (Lipinski definition) is 1. The SMILES string of the molecule is CN(C)c1nc(N)cc(C23CC4CC(CC(C4)C2)C3)n1. The second kappa shape index (κ2) is 4.09. The van der Waals surface area contributed by atoms with Crippen LogP contribution in [0.5, 0.6) is 0 Å². The number of hydrogen-bond acceptors (Lipinski definition) is 4. The van der Waals surface area contributed by atoms with Crippen LogP contribution < -0.4 is 10.6 Å². The number of anilines is 2. The fourth-order valence-electron chi connectivity index (χ4n) is 5.35. The maximum atomic E-state index is 6.04. The second-order valence-corrected chi connectivity index (χ2v) is 7.57. The molecule has 0 atom stereocenters. The summed E-state index contributed by atoms with van der Waals surface area (Å²) in [5.41, 5.74) is 7.56. The van der Waals surface area contributed by atoms with Crippen molar-refractivity contribution < 1.29 is 0 Å².